The minimum atomic E-state index is 0.0181. The molecule has 4 rings (SSSR count). The van der Waals surface area contributed by atoms with E-state index in [2.05, 4.69) is 44.5 Å². The van der Waals surface area contributed by atoms with Gasteiger partial charge in [-0.05, 0) is 31.9 Å². The number of hydrogen-bond acceptors (Lipinski definition) is 4. The number of carbonyl (C=O) groups excluding carboxylic acids is 1. The average Bonchev–Trinajstić information content (AvgIpc) is 3.19. The van der Waals surface area contributed by atoms with Gasteiger partial charge in [0.1, 0.15) is 5.69 Å². The first-order valence-electron chi connectivity index (χ1n) is 10.1. The predicted octanol–water partition coefficient (Wildman–Crippen LogP) is 2.78. The maximum absolute atomic E-state index is 13.1. The molecule has 1 aliphatic rings. The lowest BCUT2D eigenvalue weighted by atomic mass is 10.1. The molecule has 0 atom stereocenters. The summed E-state index contributed by atoms with van der Waals surface area (Å²) in [5, 5.41) is 11.8. The Morgan fingerprint density at radius 3 is 2.62 bits per heavy atom. The van der Waals surface area contributed by atoms with Crippen LogP contribution in [0.25, 0.3) is 11.3 Å². The molecule has 1 aliphatic heterocycles. The number of hydrogen-bond donors (Lipinski definition) is 1. The van der Waals surface area contributed by atoms with Crippen molar-refractivity contribution in [2.75, 3.05) is 26.2 Å². The van der Waals surface area contributed by atoms with Crippen molar-refractivity contribution >= 4 is 5.91 Å². The number of aryl methyl sites for hydroxylation is 2. The number of aromatic nitrogens is 4. The molecule has 7 heteroatoms. The minimum absolute atomic E-state index is 0.0181. The molecule has 1 N–H and O–H groups in total. The van der Waals surface area contributed by atoms with Crippen LogP contribution in [-0.2, 0) is 13.6 Å². The number of carbonyl (C=O) groups is 1. The summed E-state index contributed by atoms with van der Waals surface area (Å²) in [6, 6.07) is 12.4. The van der Waals surface area contributed by atoms with E-state index < -0.39 is 0 Å². The van der Waals surface area contributed by atoms with E-state index in [0.717, 1.165) is 61.8 Å². The molecule has 0 aliphatic carbocycles. The second-order valence-corrected chi connectivity index (χ2v) is 7.74. The molecule has 3 aromatic rings. The highest BCUT2D eigenvalue weighted by atomic mass is 16.2. The number of nitrogens with one attached hydrogen (secondary N) is 1. The zero-order chi connectivity index (χ0) is 20.4. The zero-order valence-corrected chi connectivity index (χ0v) is 17.4. The van der Waals surface area contributed by atoms with Crippen molar-refractivity contribution in [1.82, 2.24) is 29.8 Å². The fourth-order valence-electron chi connectivity index (χ4n) is 4.05. The van der Waals surface area contributed by atoms with Gasteiger partial charge < -0.3 is 4.90 Å². The molecule has 1 aromatic carbocycles. The number of nitrogens with zero attached hydrogens (tertiary/aromatic N) is 5. The molecule has 1 fully saturated rings. The van der Waals surface area contributed by atoms with Crippen molar-refractivity contribution < 1.29 is 4.79 Å². The Morgan fingerprint density at radius 2 is 1.90 bits per heavy atom. The van der Waals surface area contributed by atoms with E-state index >= 15 is 0 Å². The molecule has 0 radical (unpaired) electrons. The predicted molar refractivity (Wildman–Crippen MR) is 113 cm³/mol. The molecule has 7 nitrogen and oxygen atoms in total. The van der Waals surface area contributed by atoms with Crippen LogP contribution in [0, 0.1) is 13.8 Å². The molecule has 0 bridgehead atoms. The van der Waals surface area contributed by atoms with Crippen molar-refractivity contribution in [3.05, 3.63) is 59.0 Å². The first-order valence-corrected chi connectivity index (χ1v) is 10.1. The van der Waals surface area contributed by atoms with Gasteiger partial charge in [0.05, 0.1) is 11.4 Å². The van der Waals surface area contributed by atoms with E-state index in [4.69, 9.17) is 0 Å². The van der Waals surface area contributed by atoms with Crippen molar-refractivity contribution in [3.63, 3.8) is 0 Å². The smallest absolute Gasteiger partial charge is 0.271 e. The summed E-state index contributed by atoms with van der Waals surface area (Å²) in [5.74, 6) is 0.0181. The molecule has 0 spiro atoms. The molecule has 152 valence electrons. The monoisotopic (exact) mass is 392 g/mol. The van der Waals surface area contributed by atoms with Crippen molar-refractivity contribution in [2.45, 2.75) is 26.8 Å². The van der Waals surface area contributed by atoms with Gasteiger partial charge in [0.15, 0.2) is 0 Å². The van der Waals surface area contributed by atoms with E-state index in [1.54, 1.807) is 0 Å². The summed E-state index contributed by atoms with van der Waals surface area (Å²) in [4.78, 5) is 17.4. The lowest BCUT2D eigenvalue weighted by Gasteiger charge is -2.21. The van der Waals surface area contributed by atoms with Gasteiger partial charge in [-0.1, -0.05) is 30.3 Å². The Bertz CT molecular complexity index is 990. The topological polar surface area (TPSA) is 70.1 Å². The number of amides is 1. The Morgan fingerprint density at radius 1 is 1.10 bits per heavy atom. The van der Waals surface area contributed by atoms with Crippen LogP contribution in [0.2, 0.25) is 0 Å². The molecule has 1 amide bonds. The van der Waals surface area contributed by atoms with Crippen LogP contribution in [-0.4, -0.2) is 61.9 Å². The minimum Gasteiger partial charge on any atom is -0.336 e. The second-order valence-electron chi connectivity index (χ2n) is 7.74. The van der Waals surface area contributed by atoms with Crippen LogP contribution >= 0.6 is 0 Å². The van der Waals surface area contributed by atoms with E-state index in [-0.39, 0.29) is 5.91 Å². The van der Waals surface area contributed by atoms with Gasteiger partial charge in [0.2, 0.25) is 0 Å². The van der Waals surface area contributed by atoms with Crippen LogP contribution in [0.4, 0.5) is 0 Å². The van der Waals surface area contributed by atoms with Gasteiger partial charge in [0, 0.05) is 51.0 Å². The largest absolute Gasteiger partial charge is 0.336 e. The molecule has 1 saturated heterocycles. The van der Waals surface area contributed by atoms with Crippen molar-refractivity contribution in [2.24, 2.45) is 7.05 Å². The number of rotatable bonds is 4. The standard InChI is InChI=1S/C22H28N6O/c1-16-21(17(2)26(3)25-16)19-14-20(24-23-19)22(29)28-11-7-10-27(12-13-28)15-18-8-5-4-6-9-18/h4-6,8-9,14H,7,10-13,15H2,1-3H3,(H,23,24). The van der Waals surface area contributed by atoms with Crippen LogP contribution in [0.3, 0.4) is 0 Å². The van der Waals surface area contributed by atoms with Crippen molar-refractivity contribution in [3.8, 4) is 11.3 Å². The zero-order valence-electron chi connectivity index (χ0n) is 17.4. The Balaban J connectivity index is 1.43. The van der Waals surface area contributed by atoms with Crippen molar-refractivity contribution in [1.29, 1.82) is 0 Å². The number of aromatic amines is 1. The van der Waals surface area contributed by atoms with Crippen LogP contribution < -0.4 is 0 Å². The quantitative estimate of drug-likeness (QED) is 0.741. The van der Waals surface area contributed by atoms with Crippen LogP contribution in [0.1, 0.15) is 33.9 Å². The second kappa shape index (κ2) is 8.21. The van der Waals surface area contributed by atoms with Crippen LogP contribution in [0.5, 0.6) is 0 Å². The molecular weight excluding hydrogens is 364 g/mol. The molecule has 0 saturated carbocycles. The first-order chi connectivity index (χ1) is 14.0. The van der Waals surface area contributed by atoms with Gasteiger partial charge in [-0.25, -0.2) is 0 Å². The first kappa shape index (κ1) is 19.4. The molecule has 2 aromatic heterocycles. The SMILES string of the molecule is Cc1nn(C)c(C)c1-c1cc(C(=O)N2CCCN(Cc3ccccc3)CC2)[nH]n1. The average molecular weight is 393 g/mol. The van der Waals surface area contributed by atoms with Gasteiger partial charge in [-0.2, -0.15) is 10.2 Å². The summed E-state index contributed by atoms with van der Waals surface area (Å²) in [6.45, 7) is 8.28. The maximum Gasteiger partial charge on any atom is 0.271 e. The van der Waals surface area contributed by atoms with Crippen LogP contribution in [0.15, 0.2) is 36.4 Å². The molecule has 29 heavy (non-hydrogen) atoms. The van der Waals surface area contributed by atoms with E-state index in [0.29, 0.717) is 5.69 Å². The summed E-state index contributed by atoms with van der Waals surface area (Å²) >= 11 is 0. The summed E-state index contributed by atoms with van der Waals surface area (Å²) in [5.41, 5.74) is 5.58. The van der Waals surface area contributed by atoms with E-state index in [1.165, 1.54) is 5.56 Å². The van der Waals surface area contributed by atoms with Gasteiger partial charge in [-0.15, -0.1) is 0 Å². The highest BCUT2D eigenvalue weighted by Crippen LogP contribution is 2.25. The molecular formula is C22H28N6O. The Kier molecular flexibility index (Phi) is 5.49. The third-order valence-corrected chi connectivity index (χ3v) is 5.70. The van der Waals surface area contributed by atoms with Gasteiger partial charge in [-0.3, -0.25) is 19.5 Å². The fraction of sp³-hybridized carbons (Fsp3) is 0.409. The third-order valence-electron chi connectivity index (χ3n) is 5.70. The lowest BCUT2D eigenvalue weighted by molar-refractivity contribution is 0.0755. The van der Waals surface area contributed by atoms with Gasteiger partial charge >= 0.3 is 0 Å². The summed E-state index contributed by atoms with van der Waals surface area (Å²) in [7, 11) is 1.92. The Hall–Kier alpha value is -2.93. The normalized spacial score (nSPS) is 15.5. The van der Waals surface area contributed by atoms with Gasteiger partial charge in [0.25, 0.3) is 5.91 Å². The third kappa shape index (κ3) is 4.10. The Labute approximate surface area is 171 Å². The highest BCUT2D eigenvalue weighted by Gasteiger charge is 2.23. The molecule has 3 heterocycles. The molecule has 0 unspecified atom stereocenters. The highest BCUT2D eigenvalue weighted by molar-refractivity contribution is 5.93. The van der Waals surface area contributed by atoms with E-state index in [1.807, 2.05) is 42.6 Å². The summed E-state index contributed by atoms with van der Waals surface area (Å²) in [6.07, 6.45) is 0.973. The number of H-pyrrole nitrogens is 1. The lowest BCUT2D eigenvalue weighted by Crippen LogP contribution is -2.35. The maximum atomic E-state index is 13.1. The number of benzene rings is 1. The fourth-order valence-corrected chi connectivity index (χ4v) is 4.05. The summed E-state index contributed by atoms with van der Waals surface area (Å²) < 4.78 is 1.84. The van der Waals surface area contributed by atoms with E-state index in [9.17, 15) is 4.79 Å².